The standard InChI is InChI=1S/C21H17F2NO2/c1-14-5-10-19(23)20(11-14)24-21(25)16-3-2-4-18(12-16)26-13-15-6-8-17(22)9-7-15/h2-12H,13H2,1H3,(H,24,25). The highest BCUT2D eigenvalue weighted by Crippen LogP contribution is 2.19. The fourth-order valence-electron chi connectivity index (χ4n) is 2.40. The van der Waals surface area contributed by atoms with E-state index in [0.717, 1.165) is 11.1 Å². The van der Waals surface area contributed by atoms with Gasteiger partial charge in [-0.2, -0.15) is 0 Å². The minimum Gasteiger partial charge on any atom is -0.489 e. The summed E-state index contributed by atoms with van der Waals surface area (Å²) in [5.74, 6) is -0.739. The number of benzene rings is 3. The average Bonchev–Trinajstić information content (AvgIpc) is 2.64. The summed E-state index contributed by atoms with van der Waals surface area (Å²) in [5, 5.41) is 2.56. The van der Waals surface area contributed by atoms with E-state index in [-0.39, 0.29) is 18.1 Å². The smallest absolute Gasteiger partial charge is 0.255 e. The molecule has 3 nitrogen and oxygen atoms in total. The van der Waals surface area contributed by atoms with Crippen LogP contribution in [0.2, 0.25) is 0 Å². The van der Waals surface area contributed by atoms with Crippen LogP contribution in [0.4, 0.5) is 14.5 Å². The van der Waals surface area contributed by atoms with Gasteiger partial charge in [-0.3, -0.25) is 4.79 Å². The summed E-state index contributed by atoms with van der Waals surface area (Å²) in [6.45, 7) is 2.07. The van der Waals surface area contributed by atoms with Crippen molar-refractivity contribution in [3.8, 4) is 5.75 Å². The molecule has 1 amide bonds. The third kappa shape index (κ3) is 4.45. The van der Waals surface area contributed by atoms with Crippen LogP contribution in [0.3, 0.4) is 0 Å². The summed E-state index contributed by atoms with van der Waals surface area (Å²) in [4.78, 5) is 12.4. The highest BCUT2D eigenvalue weighted by atomic mass is 19.1. The number of hydrogen-bond acceptors (Lipinski definition) is 2. The fourth-order valence-corrected chi connectivity index (χ4v) is 2.40. The molecule has 0 unspecified atom stereocenters. The summed E-state index contributed by atoms with van der Waals surface area (Å²) < 4.78 is 32.3. The molecule has 0 fully saturated rings. The van der Waals surface area contributed by atoms with Crippen LogP contribution in [0, 0.1) is 18.6 Å². The quantitative estimate of drug-likeness (QED) is 0.693. The zero-order valence-electron chi connectivity index (χ0n) is 14.1. The van der Waals surface area contributed by atoms with E-state index in [4.69, 9.17) is 4.74 Å². The van der Waals surface area contributed by atoms with Crippen molar-refractivity contribution in [2.24, 2.45) is 0 Å². The molecule has 3 aromatic carbocycles. The first kappa shape index (κ1) is 17.6. The first-order valence-electron chi connectivity index (χ1n) is 8.06. The van der Waals surface area contributed by atoms with Gasteiger partial charge in [0.05, 0.1) is 5.69 Å². The number of hydrogen-bond donors (Lipinski definition) is 1. The van der Waals surface area contributed by atoms with Crippen LogP contribution in [0.15, 0.2) is 66.7 Å². The predicted molar refractivity (Wildman–Crippen MR) is 96.3 cm³/mol. The third-order valence-corrected chi connectivity index (χ3v) is 3.79. The third-order valence-electron chi connectivity index (χ3n) is 3.79. The number of carbonyl (C=O) groups is 1. The van der Waals surface area contributed by atoms with E-state index in [1.807, 2.05) is 6.92 Å². The SMILES string of the molecule is Cc1ccc(F)c(NC(=O)c2cccc(OCc3ccc(F)cc3)c2)c1. The van der Waals surface area contributed by atoms with Gasteiger partial charge < -0.3 is 10.1 Å². The van der Waals surface area contributed by atoms with Gasteiger partial charge in [-0.15, -0.1) is 0 Å². The molecule has 0 saturated heterocycles. The van der Waals surface area contributed by atoms with Crippen molar-refractivity contribution >= 4 is 11.6 Å². The first-order chi connectivity index (χ1) is 12.5. The minimum absolute atomic E-state index is 0.132. The van der Waals surface area contributed by atoms with Crippen LogP contribution < -0.4 is 10.1 Å². The summed E-state index contributed by atoms with van der Waals surface area (Å²) >= 11 is 0. The Kier molecular flexibility index (Phi) is 5.27. The van der Waals surface area contributed by atoms with Gasteiger partial charge in [0.1, 0.15) is 24.0 Å². The van der Waals surface area contributed by atoms with E-state index in [1.54, 1.807) is 48.5 Å². The van der Waals surface area contributed by atoms with Gasteiger partial charge in [0.2, 0.25) is 0 Å². The Balaban J connectivity index is 1.69. The number of carbonyl (C=O) groups excluding carboxylic acids is 1. The summed E-state index contributed by atoms with van der Waals surface area (Å²) in [5.41, 5.74) is 2.14. The largest absolute Gasteiger partial charge is 0.489 e. The van der Waals surface area contributed by atoms with Crippen LogP contribution >= 0.6 is 0 Å². The van der Waals surface area contributed by atoms with E-state index in [2.05, 4.69) is 5.32 Å². The number of anilines is 1. The number of nitrogens with one attached hydrogen (secondary N) is 1. The molecule has 0 bridgehead atoms. The van der Waals surface area contributed by atoms with Gasteiger partial charge in [-0.05, 0) is 60.5 Å². The minimum atomic E-state index is -0.493. The number of amides is 1. The molecule has 0 aromatic heterocycles. The fraction of sp³-hybridized carbons (Fsp3) is 0.0952. The second-order valence-corrected chi connectivity index (χ2v) is 5.88. The lowest BCUT2D eigenvalue weighted by molar-refractivity contribution is 0.102. The van der Waals surface area contributed by atoms with E-state index in [1.165, 1.54) is 18.2 Å². The van der Waals surface area contributed by atoms with Gasteiger partial charge in [0, 0.05) is 5.56 Å². The van der Waals surface area contributed by atoms with Gasteiger partial charge in [0.15, 0.2) is 0 Å². The molecular weight excluding hydrogens is 336 g/mol. The maximum Gasteiger partial charge on any atom is 0.255 e. The van der Waals surface area contributed by atoms with Crippen LogP contribution in [0.25, 0.3) is 0 Å². The molecule has 0 aliphatic heterocycles. The van der Waals surface area contributed by atoms with Gasteiger partial charge >= 0.3 is 0 Å². The zero-order valence-corrected chi connectivity index (χ0v) is 14.1. The highest BCUT2D eigenvalue weighted by Gasteiger charge is 2.10. The van der Waals surface area contributed by atoms with Crippen molar-refractivity contribution < 1.29 is 18.3 Å². The van der Waals surface area contributed by atoms with Gasteiger partial charge in [0.25, 0.3) is 5.91 Å². The topological polar surface area (TPSA) is 38.3 Å². The van der Waals surface area contributed by atoms with Crippen LogP contribution in [-0.2, 0) is 6.61 Å². The van der Waals surface area contributed by atoms with Crippen LogP contribution in [-0.4, -0.2) is 5.91 Å². The molecule has 26 heavy (non-hydrogen) atoms. The van der Waals surface area contributed by atoms with E-state index in [9.17, 15) is 13.6 Å². The summed E-state index contributed by atoms with van der Waals surface area (Å²) in [6, 6.07) is 17.1. The monoisotopic (exact) mass is 353 g/mol. The molecule has 0 atom stereocenters. The Morgan fingerprint density at radius 2 is 1.77 bits per heavy atom. The van der Waals surface area contributed by atoms with Crippen molar-refractivity contribution in [2.75, 3.05) is 5.32 Å². The highest BCUT2D eigenvalue weighted by molar-refractivity contribution is 6.04. The average molecular weight is 353 g/mol. The lowest BCUT2D eigenvalue weighted by Crippen LogP contribution is -2.13. The van der Waals surface area contributed by atoms with Gasteiger partial charge in [-0.1, -0.05) is 24.3 Å². The van der Waals surface area contributed by atoms with Crippen molar-refractivity contribution in [3.05, 3.63) is 95.1 Å². The lowest BCUT2D eigenvalue weighted by atomic mass is 10.1. The number of rotatable bonds is 5. The molecule has 0 aliphatic carbocycles. The van der Waals surface area contributed by atoms with Crippen molar-refractivity contribution in [1.82, 2.24) is 0 Å². The molecule has 3 rings (SSSR count). The predicted octanol–water partition coefficient (Wildman–Crippen LogP) is 5.10. The molecule has 0 aliphatic rings. The zero-order chi connectivity index (χ0) is 18.5. The molecule has 132 valence electrons. The molecule has 0 saturated carbocycles. The van der Waals surface area contributed by atoms with Crippen molar-refractivity contribution in [3.63, 3.8) is 0 Å². The lowest BCUT2D eigenvalue weighted by Gasteiger charge is -2.10. The van der Waals surface area contributed by atoms with E-state index >= 15 is 0 Å². The summed E-state index contributed by atoms with van der Waals surface area (Å²) in [6.07, 6.45) is 0. The van der Waals surface area contributed by atoms with Crippen molar-refractivity contribution in [2.45, 2.75) is 13.5 Å². The second kappa shape index (κ2) is 7.78. The van der Waals surface area contributed by atoms with Gasteiger partial charge in [-0.25, -0.2) is 8.78 Å². The summed E-state index contributed by atoms with van der Waals surface area (Å²) in [7, 11) is 0. The van der Waals surface area contributed by atoms with E-state index in [0.29, 0.717) is 11.3 Å². The molecular formula is C21H17F2NO2. The molecule has 0 spiro atoms. The number of halogens is 2. The number of aryl methyl sites for hydroxylation is 1. The van der Waals surface area contributed by atoms with Crippen LogP contribution in [0.5, 0.6) is 5.75 Å². The maximum atomic E-state index is 13.8. The Morgan fingerprint density at radius 3 is 2.54 bits per heavy atom. The second-order valence-electron chi connectivity index (χ2n) is 5.88. The number of ether oxygens (including phenoxy) is 1. The van der Waals surface area contributed by atoms with Crippen molar-refractivity contribution in [1.29, 1.82) is 0 Å². The Hall–Kier alpha value is -3.21. The molecule has 5 heteroatoms. The molecule has 0 heterocycles. The Bertz CT molecular complexity index is 924. The van der Waals surface area contributed by atoms with Crippen LogP contribution in [0.1, 0.15) is 21.5 Å². The molecule has 1 N–H and O–H groups in total. The molecule has 3 aromatic rings. The van der Waals surface area contributed by atoms with E-state index < -0.39 is 11.7 Å². The Morgan fingerprint density at radius 1 is 1.00 bits per heavy atom. The first-order valence-corrected chi connectivity index (χ1v) is 8.06. The molecule has 0 radical (unpaired) electrons. The Labute approximate surface area is 150 Å². The normalized spacial score (nSPS) is 10.4. The maximum absolute atomic E-state index is 13.8.